The van der Waals surface area contributed by atoms with Crippen LogP contribution in [0.4, 0.5) is 8.78 Å². The van der Waals surface area contributed by atoms with Gasteiger partial charge in [0.2, 0.25) is 5.82 Å². The number of likely N-dealkylation sites (tertiary alicyclic amines) is 2. The van der Waals surface area contributed by atoms with Gasteiger partial charge in [0.05, 0.1) is 12.7 Å². The van der Waals surface area contributed by atoms with Crippen molar-refractivity contribution in [2.45, 2.75) is 38.6 Å². The molecule has 2 aliphatic heterocycles. The lowest BCUT2D eigenvalue weighted by Gasteiger charge is -2.38. The van der Waals surface area contributed by atoms with E-state index >= 15 is 0 Å². The molecule has 4 nitrogen and oxygen atoms in total. The summed E-state index contributed by atoms with van der Waals surface area (Å²) >= 11 is 0. The first-order valence-corrected chi connectivity index (χ1v) is 9.08. The number of methoxy groups -OCH3 is 1. The Balaban J connectivity index is 1.63. The highest BCUT2D eigenvalue weighted by Gasteiger charge is 2.32. The van der Waals surface area contributed by atoms with Crippen LogP contribution in [0, 0.1) is 17.6 Å². The molecule has 0 aromatic heterocycles. The fourth-order valence-corrected chi connectivity index (χ4v) is 4.06. The van der Waals surface area contributed by atoms with Crippen molar-refractivity contribution in [2.24, 2.45) is 5.92 Å². The molecule has 3 rings (SSSR count). The van der Waals surface area contributed by atoms with Crippen molar-refractivity contribution in [1.82, 2.24) is 9.80 Å². The van der Waals surface area contributed by atoms with Crippen LogP contribution in [-0.2, 0) is 0 Å². The van der Waals surface area contributed by atoms with Gasteiger partial charge in [0.25, 0.3) is 5.91 Å². The zero-order chi connectivity index (χ0) is 18.0. The van der Waals surface area contributed by atoms with Crippen LogP contribution >= 0.6 is 0 Å². The van der Waals surface area contributed by atoms with E-state index in [0.29, 0.717) is 25.0 Å². The summed E-state index contributed by atoms with van der Waals surface area (Å²) in [5.41, 5.74) is -0.218. The quantitative estimate of drug-likeness (QED) is 0.833. The Kier molecular flexibility index (Phi) is 5.57. The molecule has 0 N–H and O–H groups in total. The second-order valence-corrected chi connectivity index (χ2v) is 7.06. The SMILES string of the molecule is COc1ccc(C(=O)N2CCC([C@H](C)N3CCCC3)CC2)c(F)c1F. The first-order chi connectivity index (χ1) is 12.0. The maximum Gasteiger partial charge on any atom is 0.256 e. The van der Waals surface area contributed by atoms with Crippen molar-refractivity contribution < 1.29 is 18.3 Å². The Bertz CT molecular complexity index is 624. The summed E-state index contributed by atoms with van der Waals surface area (Å²) in [6.07, 6.45) is 4.35. The van der Waals surface area contributed by atoms with Crippen molar-refractivity contribution in [1.29, 1.82) is 0 Å². The Hall–Kier alpha value is -1.69. The third-order valence-electron chi connectivity index (χ3n) is 5.72. The van der Waals surface area contributed by atoms with Crippen LogP contribution in [-0.4, -0.2) is 55.0 Å². The van der Waals surface area contributed by atoms with Crippen molar-refractivity contribution in [3.63, 3.8) is 0 Å². The van der Waals surface area contributed by atoms with Gasteiger partial charge >= 0.3 is 0 Å². The normalized spacial score (nSPS) is 20.7. The Labute approximate surface area is 147 Å². The molecule has 1 atom stereocenters. The van der Waals surface area contributed by atoms with E-state index in [1.165, 1.54) is 32.1 Å². The number of nitrogens with zero attached hydrogens (tertiary/aromatic N) is 2. The van der Waals surface area contributed by atoms with Crippen LogP contribution < -0.4 is 4.74 Å². The van der Waals surface area contributed by atoms with Crippen molar-refractivity contribution in [3.8, 4) is 5.75 Å². The van der Waals surface area contributed by atoms with Gasteiger partial charge in [-0.05, 0) is 63.7 Å². The van der Waals surface area contributed by atoms with Gasteiger partial charge in [-0.2, -0.15) is 4.39 Å². The second-order valence-electron chi connectivity index (χ2n) is 7.06. The average molecular weight is 352 g/mol. The minimum absolute atomic E-state index is 0.188. The monoisotopic (exact) mass is 352 g/mol. The van der Waals surface area contributed by atoms with E-state index in [4.69, 9.17) is 4.74 Å². The van der Waals surface area contributed by atoms with E-state index in [0.717, 1.165) is 25.9 Å². The summed E-state index contributed by atoms with van der Waals surface area (Å²) in [4.78, 5) is 16.7. The maximum atomic E-state index is 14.2. The first-order valence-electron chi connectivity index (χ1n) is 9.08. The van der Waals surface area contributed by atoms with Crippen molar-refractivity contribution in [3.05, 3.63) is 29.3 Å². The van der Waals surface area contributed by atoms with E-state index < -0.39 is 17.5 Å². The number of carbonyl (C=O) groups is 1. The van der Waals surface area contributed by atoms with Crippen LogP contribution in [0.3, 0.4) is 0 Å². The molecule has 0 unspecified atom stereocenters. The Morgan fingerprint density at radius 3 is 2.36 bits per heavy atom. The molecule has 2 aliphatic rings. The lowest BCUT2D eigenvalue weighted by Crippen LogP contribution is -2.45. The van der Waals surface area contributed by atoms with Crippen LogP contribution in [0.15, 0.2) is 12.1 Å². The summed E-state index contributed by atoms with van der Waals surface area (Å²) in [7, 11) is 1.27. The molecular formula is C19H26F2N2O2. The Morgan fingerprint density at radius 2 is 1.76 bits per heavy atom. The van der Waals surface area contributed by atoms with Crippen molar-refractivity contribution >= 4 is 5.91 Å². The fraction of sp³-hybridized carbons (Fsp3) is 0.632. The van der Waals surface area contributed by atoms with E-state index in [1.807, 2.05) is 0 Å². The van der Waals surface area contributed by atoms with Gasteiger partial charge in [0.1, 0.15) is 0 Å². The lowest BCUT2D eigenvalue weighted by molar-refractivity contribution is 0.0618. The third-order valence-corrected chi connectivity index (χ3v) is 5.72. The Morgan fingerprint density at radius 1 is 1.12 bits per heavy atom. The number of rotatable bonds is 4. The van der Waals surface area contributed by atoms with Gasteiger partial charge < -0.3 is 14.5 Å². The number of carbonyl (C=O) groups excluding carboxylic acids is 1. The van der Waals surface area contributed by atoms with Crippen LogP contribution in [0.25, 0.3) is 0 Å². The standard InChI is InChI=1S/C19H26F2N2O2/c1-13(22-9-3-4-10-22)14-7-11-23(12-8-14)19(24)15-5-6-16(25-2)18(21)17(15)20/h5-6,13-14H,3-4,7-12H2,1-2H3/t13-/m0/s1. The molecule has 138 valence electrons. The van der Waals surface area contributed by atoms with Gasteiger partial charge in [-0.15, -0.1) is 0 Å². The highest BCUT2D eigenvalue weighted by atomic mass is 19.2. The third kappa shape index (κ3) is 3.64. The predicted molar refractivity (Wildman–Crippen MR) is 91.8 cm³/mol. The molecule has 1 amide bonds. The summed E-state index contributed by atoms with van der Waals surface area (Å²) in [6, 6.07) is 3.13. The van der Waals surface area contributed by atoms with Gasteiger partial charge in [-0.1, -0.05) is 0 Å². The zero-order valence-electron chi connectivity index (χ0n) is 14.9. The summed E-state index contributed by atoms with van der Waals surface area (Å²) < 4.78 is 32.8. The molecule has 0 spiro atoms. The molecule has 1 aromatic carbocycles. The molecule has 2 fully saturated rings. The number of piperidine rings is 1. The topological polar surface area (TPSA) is 32.8 Å². The fourth-order valence-electron chi connectivity index (χ4n) is 4.06. The molecule has 0 saturated carbocycles. The van der Waals surface area contributed by atoms with Crippen LogP contribution in [0.1, 0.15) is 43.0 Å². The molecule has 0 aliphatic carbocycles. The van der Waals surface area contributed by atoms with Crippen LogP contribution in [0.2, 0.25) is 0 Å². The maximum absolute atomic E-state index is 14.2. The minimum atomic E-state index is -1.13. The second kappa shape index (κ2) is 7.68. The van der Waals surface area contributed by atoms with Gasteiger partial charge in [-0.3, -0.25) is 4.79 Å². The first kappa shape index (κ1) is 18.1. The minimum Gasteiger partial charge on any atom is -0.494 e. The molecule has 0 bridgehead atoms. The molecular weight excluding hydrogens is 326 g/mol. The molecule has 2 saturated heterocycles. The number of hydrogen-bond donors (Lipinski definition) is 0. The number of hydrogen-bond acceptors (Lipinski definition) is 3. The molecule has 25 heavy (non-hydrogen) atoms. The van der Waals surface area contributed by atoms with Gasteiger partial charge in [-0.25, -0.2) is 4.39 Å². The van der Waals surface area contributed by atoms with E-state index in [1.54, 1.807) is 4.90 Å². The zero-order valence-corrected chi connectivity index (χ0v) is 14.9. The van der Waals surface area contributed by atoms with Crippen LogP contribution in [0.5, 0.6) is 5.75 Å². The molecule has 6 heteroatoms. The molecule has 0 radical (unpaired) electrons. The molecule has 1 aromatic rings. The number of ether oxygens (including phenoxy) is 1. The predicted octanol–water partition coefficient (Wildman–Crippen LogP) is 3.31. The summed E-state index contributed by atoms with van der Waals surface area (Å²) in [5.74, 6) is -2.30. The van der Waals surface area contributed by atoms with E-state index in [9.17, 15) is 13.6 Å². The molecule has 2 heterocycles. The largest absolute Gasteiger partial charge is 0.494 e. The average Bonchev–Trinajstić information content (AvgIpc) is 3.17. The van der Waals surface area contributed by atoms with Gasteiger partial charge in [0, 0.05) is 19.1 Å². The van der Waals surface area contributed by atoms with Crippen molar-refractivity contribution in [2.75, 3.05) is 33.3 Å². The van der Waals surface area contributed by atoms with E-state index in [2.05, 4.69) is 11.8 Å². The number of halogens is 2. The summed E-state index contributed by atoms with van der Waals surface area (Å²) in [5, 5.41) is 0. The van der Waals surface area contributed by atoms with Gasteiger partial charge in [0.15, 0.2) is 11.6 Å². The lowest BCUT2D eigenvalue weighted by atomic mass is 9.89. The highest BCUT2D eigenvalue weighted by molar-refractivity contribution is 5.94. The highest BCUT2D eigenvalue weighted by Crippen LogP contribution is 2.28. The number of amides is 1. The smallest absolute Gasteiger partial charge is 0.256 e. The summed E-state index contributed by atoms with van der Waals surface area (Å²) in [6.45, 7) is 5.78. The number of benzene rings is 1. The van der Waals surface area contributed by atoms with E-state index in [-0.39, 0.29) is 11.3 Å².